The minimum atomic E-state index is -3.87. The van der Waals surface area contributed by atoms with Crippen LogP contribution in [0.3, 0.4) is 0 Å². The topological polar surface area (TPSA) is 109 Å². The van der Waals surface area contributed by atoms with Gasteiger partial charge in [0.1, 0.15) is 5.75 Å². The Kier molecular flexibility index (Phi) is 5.85. The summed E-state index contributed by atoms with van der Waals surface area (Å²) in [6, 6.07) is 13.0. The number of rotatable bonds is 6. The highest BCUT2D eigenvalue weighted by molar-refractivity contribution is 7.93. The van der Waals surface area contributed by atoms with Crippen LogP contribution in [0.2, 0.25) is 5.02 Å². The van der Waals surface area contributed by atoms with E-state index in [0.717, 1.165) is 0 Å². The zero-order valence-electron chi connectivity index (χ0n) is 14.4. The molecule has 0 bridgehead atoms. The van der Waals surface area contributed by atoms with Gasteiger partial charge in [0.25, 0.3) is 10.0 Å². The number of halogens is 1. The maximum Gasteiger partial charge on any atom is 0.250 e. The number of carbonyl (C=O) groups is 1. The van der Waals surface area contributed by atoms with E-state index in [4.69, 9.17) is 16.3 Å². The van der Waals surface area contributed by atoms with Crippen LogP contribution in [-0.4, -0.2) is 33.4 Å². The molecule has 1 aliphatic rings. The van der Waals surface area contributed by atoms with Crippen LogP contribution in [0.1, 0.15) is 0 Å². The molecule has 0 aliphatic carbocycles. The third kappa shape index (κ3) is 4.69. The third-order valence-corrected chi connectivity index (χ3v) is 5.95. The van der Waals surface area contributed by atoms with Crippen molar-refractivity contribution in [1.82, 2.24) is 10.9 Å². The Labute approximate surface area is 162 Å². The number of hydrogen-bond acceptors (Lipinski definition) is 6. The van der Waals surface area contributed by atoms with Gasteiger partial charge in [-0.2, -0.15) is 0 Å². The summed E-state index contributed by atoms with van der Waals surface area (Å²) in [5.41, 5.74) is 6.31. The number of sulfonamides is 1. The third-order valence-electron chi connectivity index (χ3n) is 4.06. The summed E-state index contributed by atoms with van der Waals surface area (Å²) in [6.07, 6.45) is 0. The van der Waals surface area contributed by atoms with Gasteiger partial charge in [0.2, 0.25) is 5.91 Å². The van der Waals surface area contributed by atoms with Gasteiger partial charge < -0.3 is 10.1 Å². The zero-order chi connectivity index (χ0) is 19.4. The van der Waals surface area contributed by atoms with E-state index in [0.29, 0.717) is 22.1 Å². The molecular weight excluding hydrogens is 392 g/mol. The fourth-order valence-electron chi connectivity index (χ4n) is 2.66. The fourth-order valence-corrected chi connectivity index (χ4v) is 4.26. The summed E-state index contributed by atoms with van der Waals surface area (Å²) >= 11 is 5.83. The van der Waals surface area contributed by atoms with Crippen molar-refractivity contribution >= 4 is 38.9 Å². The molecule has 8 nitrogen and oxygen atoms in total. The normalized spacial score (nSPS) is 19.5. The van der Waals surface area contributed by atoms with Crippen LogP contribution in [0.4, 0.5) is 11.4 Å². The molecule has 2 unspecified atom stereocenters. The van der Waals surface area contributed by atoms with E-state index in [-0.39, 0.29) is 6.54 Å². The number of methoxy groups -OCH3 is 1. The molecule has 2 aromatic carbocycles. The summed E-state index contributed by atoms with van der Waals surface area (Å²) in [6.45, 7) is 0.174. The molecule has 0 aromatic heterocycles. The van der Waals surface area contributed by atoms with Gasteiger partial charge in [0, 0.05) is 22.9 Å². The molecule has 0 spiro atoms. The van der Waals surface area contributed by atoms with Crippen molar-refractivity contribution in [2.45, 2.75) is 5.37 Å². The second-order valence-electron chi connectivity index (χ2n) is 5.92. The van der Waals surface area contributed by atoms with Crippen molar-refractivity contribution < 1.29 is 17.9 Å². The highest BCUT2D eigenvalue weighted by Gasteiger charge is 2.41. The number of hydrogen-bond donors (Lipinski definition) is 4. The van der Waals surface area contributed by atoms with Gasteiger partial charge in [-0.1, -0.05) is 11.6 Å². The van der Waals surface area contributed by atoms with Gasteiger partial charge in [-0.3, -0.25) is 14.9 Å². The van der Waals surface area contributed by atoms with E-state index < -0.39 is 27.2 Å². The van der Waals surface area contributed by atoms with Crippen LogP contribution >= 0.6 is 11.6 Å². The molecule has 144 valence electrons. The highest BCUT2D eigenvalue weighted by atomic mass is 35.5. The van der Waals surface area contributed by atoms with Crippen molar-refractivity contribution in [3.63, 3.8) is 0 Å². The van der Waals surface area contributed by atoms with Crippen molar-refractivity contribution in [3.8, 4) is 5.75 Å². The summed E-state index contributed by atoms with van der Waals surface area (Å²) in [7, 11) is -2.35. The fraction of sp³-hybridized carbons (Fsp3) is 0.235. The molecule has 10 heteroatoms. The van der Waals surface area contributed by atoms with Gasteiger partial charge in [0.15, 0.2) is 5.37 Å². The van der Waals surface area contributed by atoms with Gasteiger partial charge >= 0.3 is 0 Å². The molecule has 1 fully saturated rings. The molecule has 0 saturated carbocycles. The van der Waals surface area contributed by atoms with Crippen LogP contribution in [0.5, 0.6) is 5.75 Å². The standard InChI is InChI=1S/C17H19ClN4O4S/c1-26-14-8-6-13(7-9-14)22-27(24,25)17-15(10-19-21-17)16(23)20-12-4-2-11(18)3-5-12/h2-9,15,17,19,21-22H,10H2,1H3,(H,20,23). The van der Waals surface area contributed by atoms with Gasteiger partial charge in [0.05, 0.1) is 13.0 Å². The Hall–Kier alpha value is -2.33. The van der Waals surface area contributed by atoms with Gasteiger partial charge in [-0.15, -0.1) is 0 Å². The Morgan fingerprint density at radius 1 is 1.11 bits per heavy atom. The molecule has 27 heavy (non-hydrogen) atoms. The molecule has 3 rings (SSSR count). The molecule has 1 aliphatic heterocycles. The van der Waals surface area contributed by atoms with Crippen molar-refractivity contribution in [2.24, 2.45) is 5.92 Å². The van der Waals surface area contributed by atoms with Crippen LogP contribution < -0.4 is 25.6 Å². The number of ether oxygens (including phenoxy) is 1. The molecular formula is C17H19ClN4O4S. The van der Waals surface area contributed by atoms with E-state index in [2.05, 4.69) is 20.9 Å². The first kappa shape index (κ1) is 19.4. The minimum Gasteiger partial charge on any atom is -0.497 e. The molecule has 1 saturated heterocycles. The lowest BCUT2D eigenvalue weighted by Crippen LogP contribution is -2.45. The van der Waals surface area contributed by atoms with Crippen LogP contribution in [0.25, 0.3) is 0 Å². The Bertz CT molecular complexity index is 904. The molecule has 2 atom stereocenters. The maximum atomic E-state index is 12.7. The predicted molar refractivity (Wildman–Crippen MR) is 104 cm³/mol. The van der Waals surface area contributed by atoms with Crippen LogP contribution in [-0.2, 0) is 14.8 Å². The lowest BCUT2D eigenvalue weighted by molar-refractivity contribution is -0.119. The van der Waals surface area contributed by atoms with E-state index in [1.807, 2.05) is 0 Å². The van der Waals surface area contributed by atoms with E-state index in [9.17, 15) is 13.2 Å². The van der Waals surface area contributed by atoms with Crippen molar-refractivity contribution in [2.75, 3.05) is 23.7 Å². The largest absolute Gasteiger partial charge is 0.497 e. The summed E-state index contributed by atoms with van der Waals surface area (Å²) in [4.78, 5) is 12.6. The monoisotopic (exact) mass is 410 g/mol. The Balaban J connectivity index is 1.71. The molecule has 0 radical (unpaired) electrons. The number of anilines is 2. The highest BCUT2D eigenvalue weighted by Crippen LogP contribution is 2.22. The van der Waals surface area contributed by atoms with Crippen LogP contribution in [0, 0.1) is 5.92 Å². The zero-order valence-corrected chi connectivity index (χ0v) is 16.0. The Morgan fingerprint density at radius 3 is 2.37 bits per heavy atom. The first-order valence-corrected chi connectivity index (χ1v) is 10.0. The van der Waals surface area contributed by atoms with Crippen molar-refractivity contribution in [1.29, 1.82) is 0 Å². The predicted octanol–water partition coefficient (Wildman–Crippen LogP) is 1.78. The molecule has 1 amide bonds. The van der Waals surface area contributed by atoms with Crippen molar-refractivity contribution in [3.05, 3.63) is 53.6 Å². The second-order valence-corrected chi connectivity index (χ2v) is 8.16. The van der Waals surface area contributed by atoms with E-state index in [1.165, 1.54) is 7.11 Å². The second kappa shape index (κ2) is 8.13. The molecule has 1 heterocycles. The molecule has 2 aromatic rings. The summed E-state index contributed by atoms with van der Waals surface area (Å²) < 4.78 is 33.0. The van der Waals surface area contributed by atoms with Crippen LogP contribution in [0.15, 0.2) is 48.5 Å². The Morgan fingerprint density at radius 2 is 1.74 bits per heavy atom. The number of carbonyl (C=O) groups excluding carboxylic acids is 1. The average Bonchev–Trinajstić information content (AvgIpc) is 3.15. The lowest BCUT2D eigenvalue weighted by atomic mass is 10.1. The summed E-state index contributed by atoms with van der Waals surface area (Å²) in [5, 5.41) is 2.12. The first-order valence-electron chi connectivity index (χ1n) is 8.09. The van der Waals surface area contributed by atoms with Gasteiger partial charge in [-0.05, 0) is 48.5 Å². The number of benzene rings is 2. The number of nitrogens with one attached hydrogen (secondary N) is 4. The lowest BCUT2D eigenvalue weighted by Gasteiger charge is -2.19. The first-order chi connectivity index (χ1) is 12.9. The smallest absolute Gasteiger partial charge is 0.250 e. The number of amides is 1. The maximum absolute atomic E-state index is 12.7. The SMILES string of the molecule is COc1ccc(NS(=O)(=O)C2NNCC2C(=O)Nc2ccc(Cl)cc2)cc1. The summed E-state index contributed by atoms with van der Waals surface area (Å²) in [5.74, 6) is -0.629. The van der Waals surface area contributed by atoms with E-state index >= 15 is 0 Å². The minimum absolute atomic E-state index is 0.174. The molecule has 4 N–H and O–H groups in total. The van der Waals surface area contributed by atoms with Gasteiger partial charge in [-0.25, -0.2) is 13.8 Å². The quantitative estimate of drug-likeness (QED) is 0.578. The van der Waals surface area contributed by atoms with E-state index in [1.54, 1.807) is 48.5 Å². The average molecular weight is 411 g/mol. The number of hydrazine groups is 1.